The molecule has 2 heterocycles. The van der Waals surface area contributed by atoms with Crippen molar-refractivity contribution in [3.63, 3.8) is 0 Å². The number of fused-ring (bicyclic) bond motifs is 1. The first-order valence-electron chi connectivity index (χ1n) is 7.23. The predicted molar refractivity (Wildman–Crippen MR) is 74.9 cm³/mol. The standard InChI is InChI=1S/C15H19NO5/c17-15(18)12-3-1-6-16(12)7-2-8-19-11-4-5-13-14(9-11)21-10-20-13/h4-5,9,12H,1-3,6-8,10H2,(H,17,18)/t12-/m1/s1. The van der Waals surface area contributed by atoms with E-state index in [0.29, 0.717) is 12.4 Å². The van der Waals surface area contributed by atoms with Crippen LogP contribution in [0.4, 0.5) is 0 Å². The van der Waals surface area contributed by atoms with Crippen LogP contribution in [0.15, 0.2) is 18.2 Å². The smallest absolute Gasteiger partial charge is 0.320 e. The summed E-state index contributed by atoms with van der Waals surface area (Å²) in [5.41, 5.74) is 0. The van der Waals surface area contributed by atoms with Crippen molar-refractivity contribution in [1.82, 2.24) is 4.90 Å². The summed E-state index contributed by atoms with van der Waals surface area (Å²) in [6.07, 6.45) is 2.51. The van der Waals surface area contributed by atoms with Gasteiger partial charge in [0.25, 0.3) is 0 Å². The van der Waals surface area contributed by atoms with Crippen LogP contribution >= 0.6 is 0 Å². The van der Waals surface area contributed by atoms with Crippen molar-refractivity contribution < 1.29 is 24.1 Å². The Bertz CT molecular complexity index is 519. The van der Waals surface area contributed by atoms with Gasteiger partial charge in [-0.3, -0.25) is 9.69 Å². The van der Waals surface area contributed by atoms with Crippen LogP contribution in [0.3, 0.4) is 0 Å². The highest BCUT2D eigenvalue weighted by Crippen LogP contribution is 2.35. The maximum absolute atomic E-state index is 11.1. The zero-order valence-electron chi connectivity index (χ0n) is 11.8. The van der Waals surface area contributed by atoms with Gasteiger partial charge in [0.1, 0.15) is 11.8 Å². The number of nitrogens with zero attached hydrogens (tertiary/aromatic N) is 1. The highest BCUT2D eigenvalue weighted by atomic mass is 16.7. The summed E-state index contributed by atoms with van der Waals surface area (Å²) in [6, 6.07) is 5.18. The predicted octanol–water partition coefficient (Wildman–Crippen LogP) is 1.73. The zero-order chi connectivity index (χ0) is 14.7. The second kappa shape index (κ2) is 6.22. The number of ether oxygens (including phenoxy) is 3. The maximum Gasteiger partial charge on any atom is 0.320 e. The zero-order valence-corrected chi connectivity index (χ0v) is 11.8. The average molecular weight is 293 g/mol. The molecule has 0 spiro atoms. The lowest BCUT2D eigenvalue weighted by atomic mass is 10.2. The Balaban J connectivity index is 1.43. The number of hydrogen-bond donors (Lipinski definition) is 1. The van der Waals surface area contributed by atoms with Crippen LogP contribution in [0.25, 0.3) is 0 Å². The molecule has 1 aromatic rings. The summed E-state index contributed by atoms with van der Waals surface area (Å²) < 4.78 is 16.2. The molecule has 1 saturated heterocycles. The molecule has 1 atom stereocenters. The van der Waals surface area contributed by atoms with Crippen molar-refractivity contribution in [2.75, 3.05) is 26.5 Å². The Morgan fingerprint density at radius 3 is 3.10 bits per heavy atom. The molecule has 0 radical (unpaired) electrons. The van der Waals surface area contributed by atoms with Crippen LogP contribution in [0.5, 0.6) is 17.2 Å². The average Bonchev–Trinajstić information content (AvgIpc) is 3.11. The van der Waals surface area contributed by atoms with Gasteiger partial charge >= 0.3 is 5.97 Å². The largest absolute Gasteiger partial charge is 0.493 e. The molecule has 2 aliphatic heterocycles. The molecular weight excluding hydrogens is 274 g/mol. The fourth-order valence-corrected chi connectivity index (χ4v) is 2.80. The topological polar surface area (TPSA) is 68.2 Å². The van der Waals surface area contributed by atoms with E-state index in [1.807, 2.05) is 23.1 Å². The van der Waals surface area contributed by atoms with Gasteiger partial charge in [-0.05, 0) is 37.9 Å². The highest BCUT2D eigenvalue weighted by molar-refractivity contribution is 5.73. The minimum absolute atomic E-state index is 0.254. The van der Waals surface area contributed by atoms with Crippen LogP contribution < -0.4 is 14.2 Å². The van der Waals surface area contributed by atoms with E-state index in [-0.39, 0.29) is 12.8 Å². The number of aliphatic carboxylic acids is 1. The van der Waals surface area contributed by atoms with Gasteiger partial charge in [-0.15, -0.1) is 0 Å². The molecule has 0 saturated carbocycles. The molecule has 6 nitrogen and oxygen atoms in total. The van der Waals surface area contributed by atoms with E-state index in [9.17, 15) is 4.79 Å². The molecule has 21 heavy (non-hydrogen) atoms. The van der Waals surface area contributed by atoms with Gasteiger partial charge in [-0.25, -0.2) is 0 Å². The summed E-state index contributed by atoms with van der Waals surface area (Å²) in [7, 11) is 0. The quantitative estimate of drug-likeness (QED) is 0.806. The molecule has 0 bridgehead atoms. The number of carbonyl (C=O) groups is 1. The normalized spacial score (nSPS) is 20.7. The summed E-state index contributed by atoms with van der Waals surface area (Å²) in [6.45, 7) is 2.43. The van der Waals surface area contributed by atoms with Crippen molar-refractivity contribution in [2.45, 2.75) is 25.3 Å². The Morgan fingerprint density at radius 2 is 2.24 bits per heavy atom. The molecule has 0 unspecified atom stereocenters. The Kier molecular flexibility index (Phi) is 4.15. The van der Waals surface area contributed by atoms with Crippen LogP contribution in [-0.2, 0) is 4.79 Å². The lowest BCUT2D eigenvalue weighted by Gasteiger charge is -2.20. The Labute approximate surface area is 123 Å². The van der Waals surface area contributed by atoms with E-state index in [1.165, 1.54) is 0 Å². The number of carboxylic acids is 1. The van der Waals surface area contributed by atoms with Crippen molar-refractivity contribution in [2.24, 2.45) is 0 Å². The second-order valence-electron chi connectivity index (χ2n) is 5.25. The number of hydrogen-bond acceptors (Lipinski definition) is 5. The fourth-order valence-electron chi connectivity index (χ4n) is 2.80. The van der Waals surface area contributed by atoms with Gasteiger partial charge in [0.2, 0.25) is 6.79 Å². The number of benzene rings is 1. The van der Waals surface area contributed by atoms with Gasteiger partial charge in [0.05, 0.1) is 6.61 Å². The summed E-state index contributed by atoms with van der Waals surface area (Å²) in [5, 5.41) is 9.11. The number of carboxylic acid groups (broad SMARTS) is 1. The Morgan fingerprint density at radius 1 is 1.38 bits per heavy atom. The lowest BCUT2D eigenvalue weighted by molar-refractivity contribution is -0.142. The van der Waals surface area contributed by atoms with Gasteiger partial charge in [-0.1, -0.05) is 0 Å². The molecular formula is C15H19NO5. The van der Waals surface area contributed by atoms with E-state index < -0.39 is 5.97 Å². The van der Waals surface area contributed by atoms with E-state index >= 15 is 0 Å². The van der Waals surface area contributed by atoms with Crippen molar-refractivity contribution >= 4 is 5.97 Å². The third-order valence-electron chi connectivity index (χ3n) is 3.85. The molecule has 3 rings (SSSR count). The van der Waals surface area contributed by atoms with Crippen LogP contribution in [-0.4, -0.2) is 48.5 Å². The highest BCUT2D eigenvalue weighted by Gasteiger charge is 2.29. The van der Waals surface area contributed by atoms with Crippen LogP contribution in [0, 0.1) is 0 Å². The van der Waals surface area contributed by atoms with Gasteiger partial charge in [0.15, 0.2) is 11.5 Å². The maximum atomic E-state index is 11.1. The molecule has 0 aliphatic carbocycles. The third kappa shape index (κ3) is 3.21. The number of likely N-dealkylation sites (tertiary alicyclic amines) is 1. The minimum atomic E-state index is -0.718. The summed E-state index contributed by atoms with van der Waals surface area (Å²) in [5.74, 6) is 1.47. The van der Waals surface area contributed by atoms with Gasteiger partial charge in [-0.2, -0.15) is 0 Å². The van der Waals surface area contributed by atoms with E-state index in [2.05, 4.69) is 0 Å². The van der Waals surface area contributed by atoms with Crippen LogP contribution in [0.1, 0.15) is 19.3 Å². The van der Waals surface area contributed by atoms with Crippen molar-refractivity contribution in [3.05, 3.63) is 18.2 Å². The molecule has 6 heteroatoms. The third-order valence-corrected chi connectivity index (χ3v) is 3.85. The van der Waals surface area contributed by atoms with E-state index in [1.54, 1.807) is 0 Å². The number of rotatable bonds is 6. The van der Waals surface area contributed by atoms with Crippen molar-refractivity contribution in [3.8, 4) is 17.2 Å². The molecule has 1 fully saturated rings. The molecule has 1 N–H and O–H groups in total. The molecule has 0 aromatic heterocycles. The first-order valence-corrected chi connectivity index (χ1v) is 7.23. The molecule has 0 amide bonds. The van der Waals surface area contributed by atoms with Gasteiger partial charge in [0, 0.05) is 12.6 Å². The fraction of sp³-hybridized carbons (Fsp3) is 0.533. The van der Waals surface area contributed by atoms with Crippen LogP contribution in [0.2, 0.25) is 0 Å². The lowest BCUT2D eigenvalue weighted by Crippen LogP contribution is -2.36. The Hall–Kier alpha value is -1.95. The minimum Gasteiger partial charge on any atom is -0.493 e. The van der Waals surface area contributed by atoms with E-state index in [0.717, 1.165) is 43.9 Å². The first-order chi connectivity index (χ1) is 10.2. The first kappa shape index (κ1) is 14.0. The summed E-state index contributed by atoms with van der Waals surface area (Å²) >= 11 is 0. The van der Waals surface area contributed by atoms with Crippen molar-refractivity contribution in [1.29, 1.82) is 0 Å². The molecule has 1 aromatic carbocycles. The second-order valence-corrected chi connectivity index (χ2v) is 5.25. The monoisotopic (exact) mass is 293 g/mol. The van der Waals surface area contributed by atoms with E-state index in [4.69, 9.17) is 19.3 Å². The summed E-state index contributed by atoms with van der Waals surface area (Å²) in [4.78, 5) is 13.1. The SMILES string of the molecule is O=C(O)[C@H]1CCCN1CCCOc1ccc2c(c1)OCO2. The van der Waals surface area contributed by atoms with Gasteiger partial charge < -0.3 is 19.3 Å². The molecule has 2 aliphatic rings. The molecule has 114 valence electrons.